The highest BCUT2D eigenvalue weighted by Gasteiger charge is 2.21. The van der Waals surface area contributed by atoms with Crippen molar-refractivity contribution in [2.75, 3.05) is 17.7 Å². The van der Waals surface area contributed by atoms with Gasteiger partial charge in [0.15, 0.2) is 7.28 Å². The number of fused-ring (bicyclic) bond motifs is 1. The van der Waals surface area contributed by atoms with Crippen LogP contribution in [-0.2, 0) is 0 Å². The lowest BCUT2D eigenvalue weighted by Crippen LogP contribution is -2.30. The minimum Gasteiger partial charge on any atom is -0.394 e. The monoisotopic (exact) mass is 260 g/mol. The summed E-state index contributed by atoms with van der Waals surface area (Å²) in [6.07, 6.45) is 3.12. The van der Waals surface area contributed by atoms with Crippen LogP contribution in [0.15, 0.2) is 5.98 Å². The molecule has 0 unspecified atom stereocenters. The van der Waals surface area contributed by atoms with Crippen molar-refractivity contribution in [1.82, 2.24) is 9.97 Å². The number of aliphatic hydroxyl groups excluding tert-OH is 1. The molecule has 0 bridgehead atoms. The number of rotatable bonds is 6. The highest BCUT2D eigenvalue weighted by molar-refractivity contribution is 6.64. The van der Waals surface area contributed by atoms with Gasteiger partial charge in [0.1, 0.15) is 5.82 Å². The van der Waals surface area contributed by atoms with Crippen LogP contribution in [0.25, 0.3) is 5.57 Å². The molecular formula is C13H21BN4O. The summed E-state index contributed by atoms with van der Waals surface area (Å²) in [6.45, 7) is 4.27. The van der Waals surface area contributed by atoms with Crippen molar-refractivity contribution in [2.24, 2.45) is 0 Å². The third-order valence-electron chi connectivity index (χ3n) is 3.48. The number of nitrogens with two attached hydrogens (primary N) is 1. The van der Waals surface area contributed by atoms with Gasteiger partial charge < -0.3 is 16.2 Å². The molecule has 0 aliphatic carbocycles. The maximum absolute atomic E-state index is 9.43. The van der Waals surface area contributed by atoms with E-state index in [4.69, 9.17) is 5.73 Å². The second-order valence-corrected chi connectivity index (χ2v) is 5.01. The van der Waals surface area contributed by atoms with Crippen LogP contribution >= 0.6 is 0 Å². The van der Waals surface area contributed by atoms with E-state index in [1.165, 1.54) is 0 Å². The molecule has 0 radical (unpaired) electrons. The van der Waals surface area contributed by atoms with Crippen LogP contribution in [0.4, 0.5) is 11.8 Å². The summed E-state index contributed by atoms with van der Waals surface area (Å²) >= 11 is 0. The molecule has 0 spiro atoms. The Hall–Kier alpha value is -1.56. The molecule has 1 atom stereocenters. The molecule has 4 N–H and O–H groups in total. The maximum Gasteiger partial charge on any atom is 0.222 e. The number of nitrogens with one attached hydrogen (secondary N) is 1. The van der Waals surface area contributed by atoms with E-state index < -0.39 is 0 Å². The number of aromatic nitrogens is 2. The maximum atomic E-state index is 9.43. The SMILES string of the molecule is CCCC[C@H](CO)Nc1nc(N)nc2c1BC=C2C. The minimum atomic E-state index is 0.0271. The van der Waals surface area contributed by atoms with Crippen molar-refractivity contribution < 1.29 is 5.11 Å². The fourth-order valence-corrected chi connectivity index (χ4v) is 2.34. The molecule has 0 amide bonds. The van der Waals surface area contributed by atoms with Crippen LogP contribution < -0.4 is 16.5 Å². The van der Waals surface area contributed by atoms with Crippen molar-refractivity contribution in [3.05, 3.63) is 11.7 Å². The van der Waals surface area contributed by atoms with Gasteiger partial charge in [-0.15, -0.1) is 5.98 Å². The van der Waals surface area contributed by atoms with Crippen molar-refractivity contribution >= 4 is 30.1 Å². The molecule has 102 valence electrons. The Kier molecular flexibility index (Phi) is 4.42. The summed E-state index contributed by atoms with van der Waals surface area (Å²) in [4.78, 5) is 8.57. The molecule has 5 nitrogen and oxygen atoms in total. The molecular weight excluding hydrogens is 239 g/mol. The summed E-state index contributed by atoms with van der Waals surface area (Å²) in [6, 6.07) is 0.0271. The lowest BCUT2D eigenvalue weighted by molar-refractivity contribution is 0.267. The summed E-state index contributed by atoms with van der Waals surface area (Å²) in [7, 11) is 0.829. The third-order valence-corrected chi connectivity index (χ3v) is 3.48. The van der Waals surface area contributed by atoms with Crippen LogP contribution in [0.3, 0.4) is 0 Å². The molecule has 0 fully saturated rings. The molecule has 1 aromatic rings. The van der Waals surface area contributed by atoms with Crippen molar-refractivity contribution in [1.29, 1.82) is 0 Å². The van der Waals surface area contributed by atoms with Gasteiger partial charge in [-0.1, -0.05) is 19.8 Å². The Morgan fingerprint density at radius 3 is 2.95 bits per heavy atom. The summed E-state index contributed by atoms with van der Waals surface area (Å²) in [5.74, 6) is 3.18. The lowest BCUT2D eigenvalue weighted by atomic mass is 9.74. The Morgan fingerprint density at radius 1 is 1.47 bits per heavy atom. The van der Waals surface area contributed by atoms with Gasteiger partial charge in [-0.3, -0.25) is 0 Å². The Bertz CT molecular complexity index is 490. The van der Waals surface area contributed by atoms with E-state index >= 15 is 0 Å². The van der Waals surface area contributed by atoms with E-state index in [-0.39, 0.29) is 18.6 Å². The van der Waals surface area contributed by atoms with Crippen LogP contribution in [-0.4, -0.2) is 35.0 Å². The van der Waals surface area contributed by atoms with Crippen LogP contribution in [0.1, 0.15) is 38.8 Å². The van der Waals surface area contributed by atoms with Gasteiger partial charge in [-0.2, -0.15) is 4.98 Å². The second-order valence-electron chi connectivity index (χ2n) is 5.01. The summed E-state index contributed by atoms with van der Waals surface area (Å²) in [5.41, 5.74) is 8.92. The van der Waals surface area contributed by atoms with Gasteiger partial charge in [0.2, 0.25) is 5.95 Å². The number of allylic oxidation sites excluding steroid dienone is 1. The van der Waals surface area contributed by atoms with Gasteiger partial charge in [-0.05, 0) is 24.4 Å². The fraction of sp³-hybridized carbons (Fsp3) is 0.538. The van der Waals surface area contributed by atoms with Crippen molar-refractivity contribution in [3.63, 3.8) is 0 Å². The Morgan fingerprint density at radius 2 is 2.26 bits per heavy atom. The lowest BCUT2D eigenvalue weighted by Gasteiger charge is -2.19. The van der Waals surface area contributed by atoms with E-state index in [2.05, 4.69) is 28.2 Å². The van der Waals surface area contributed by atoms with Gasteiger partial charge in [0.25, 0.3) is 0 Å². The zero-order valence-electron chi connectivity index (χ0n) is 11.6. The zero-order valence-corrected chi connectivity index (χ0v) is 11.6. The van der Waals surface area contributed by atoms with Crippen LogP contribution in [0.5, 0.6) is 0 Å². The minimum absolute atomic E-state index is 0.0271. The number of nitrogens with zero attached hydrogens (tertiary/aromatic N) is 2. The predicted octanol–water partition coefficient (Wildman–Crippen LogP) is 0.458. The van der Waals surface area contributed by atoms with E-state index in [1.54, 1.807) is 0 Å². The number of nitrogen functional groups attached to an aromatic ring is 1. The normalized spacial score (nSPS) is 14.6. The molecule has 1 aliphatic rings. The average Bonchev–Trinajstić information content (AvgIpc) is 2.76. The van der Waals surface area contributed by atoms with Crippen molar-refractivity contribution in [2.45, 2.75) is 39.2 Å². The number of hydrogen-bond donors (Lipinski definition) is 3. The first-order valence-electron chi connectivity index (χ1n) is 6.86. The molecule has 0 saturated carbocycles. The predicted molar refractivity (Wildman–Crippen MR) is 80.9 cm³/mol. The Labute approximate surface area is 114 Å². The molecule has 2 heterocycles. The highest BCUT2D eigenvalue weighted by atomic mass is 16.3. The smallest absolute Gasteiger partial charge is 0.222 e. The molecule has 1 aromatic heterocycles. The quantitative estimate of drug-likeness (QED) is 0.647. The van der Waals surface area contributed by atoms with Gasteiger partial charge >= 0.3 is 0 Å². The van der Waals surface area contributed by atoms with Crippen LogP contribution in [0, 0.1) is 0 Å². The van der Waals surface area contributed by atoms with E-state index in [0.717, 1.165) is 49.1 Å². The molecule has 2 rings (SSSR count). The van der Waals surface area contributed by atoms with Gasteiger partial charge in [0, 0.05) is 0 Å². The molecule has 1 aliphatic heterocycles. The van der Waals surface area contributed by atoms with Crippen LogP contribution in [0.2, 0.25) is 0 Å². The standard InChI is InChI=1S/C13H21BN4O/c1-3-4-5-9(7-19)16-12-10-11(8(2)6-14-10)17-13(15)18-12/h6,9,14,19H,3-5,7H2,1-2H3,(H3,15,16,17,18)/t9-/m1/s1. The summed E-state index contributed by atoms with van der Waals surface area (Å²) < 4.78 is 0. The molecule has 0 saturated heterocycles. The highest BCUT2D eigenvalue weighted by Crippen LogP contribution is 2.19. The first kappa shape index (κ1) is 13.9. The molecule has 0 aromatic carbocycles. The molecule has 19 heavy (non-hydrogen) atoms. The fourth-order valence-electron chi connectivity index (χ4n) is 2.34. The number of anilines is 2. The third kappa shape index (κ3) is 3.07. The first-order chi connectivity index (χ1) is 9.15. The number of unbranched alkanes of at least 4 members (excludes halogenated alkanes) is 1. The first-order valence-corrected chi connectivity index (χ1v) is 6.86. The Balaban J connectivity index is 2.19. The largest absolute Gasteiger partial charge is 0.394 e. The zero-order chi connectivity index (χ0) is 13.8. The average molecular weight is 260 g/mol. The van der Waals surface area contributed by atoms with E-state index in [0.29, 0.717) is 0 Å². The number of aliphatic hydroxyl groups is 1. The molecule has 6 heteroatoms. The van der Waals surface area contributed by atoms with Gasteiger partial charge in [-0.25, -0.2) is 4.98 Å². The van der Waals surface area contributed by atoms with Crippen molar-refractivity contribution in [3.8, 4) is 0 Å². The number of hydrogen-bond acceptors (Lipinski definition) is 5. The van der Waals surface area contributed by atoms with E-state index in [1.807, 2.05) is 6.92 Å². The van der Waals surface area contributed by atoms with E-state index in [9.17, 15) is 5.11 Å². The van der Waals surface area contributed by atoms with Gasteiger partial charge in [0.05, 0.1) is 18.3 Å². The second kappa shape index (κ2) is 6.06. The summed E-state index contributed by atoms with van der Waals surface area (Å²) in [5, 5.41) is 12.7. The topological polar surface area (TPSA) is 84.1 Å².